The zero-order chi connectivity index (χ0) is 24.9. The number of carbonyl (C=O) groups is 3. The smallest absolute Gasteiger partial charge is 0.407 e. The number of carbonyl (C=O) groups excluding carboxylic acids is 2. The molecule has 0 fully saturated rings. The van der Waals surface area contributed by atoms with Gasteiger partial charge in [0.2, 0.25) is 5.91 Å². The number of benzene rings is 2. The van der Waals surface area contributed by atoms with E-state index in [1.54, 1.807) is 13.8 Å². The number of hydrogen-bond acceptors (Lipinski definition) is 4. The van der Waals surface area contributed by atoms with E-state index in [9.17, 15) is 19.5 Å². The summed E-state index contributed by atoms with van der Waals surface area (Å²) in [5, 5.41) is 14.8. The maximum absolute atomic E-state index is 12.6. The molecule has 7 nitrogen and oxygen atoms in total. The first-order chi connectivity index (χ1) is 16.1. The molecule has 1 aliphatic carbocycles. The summed E-state index contributed by atoms with van der Waals surface area (Å²) in [6, 6.07) is 15.9. The zero-order valence-corrected chi connectivity index (χ0v) is 20.3. The Bertz CT molecular complexity index is 1000. The van der Waals surface area contributed by atoms with Gasteiger partial charge in [-0.05, 0) is 48.4 Å². The number of rotatable bonds is 10. The fourth-order valence-electron chi connectivity index (χ4n) is 4.14. The topological polar surface area (TPSA) is 105 Å². The lowest BCUT2D eigenvalue weighted by molar-refractivity contribution is -0.147. The molecule has 3 N–H and O–H groups in total. The van der Waals surface area contributed by atoms with Crippen LogP contribution >= 0.6 is 0 Å². The van der Waals surface area contributed by atoms with E-state index in [0.29, 0.717) is 6.42 Å². The highest BCUT2D eigenvalue weighted by molar-refractivity contribution is 5.80. The maximum atomic E-state index is 12.6. The summed E-state index contributed by atoms with van der Waals surface area (Å²) in [6.45, 7) is 7.56. The number of alkyl carbamates (subject to hydrolysis) is 1. The van der Waals surface area contributed by atoms with Crippen LogP contribution in [0.3, 0.4) is 0 Å². The van der Waals surface area contributed by atoms with E-state index in [-0.39, 0.29) is 37.3 Å². The quantitative estimate of drug-likeness (QED) is 0.476. The molecule has 1 atom stereocenters. The molecular weight excluding hydrogens is 432 g/mol. The SMILES string of the molecule is CC(C)[C@@H](CC(=O)NCCC(C)(C)C(=O)O)NC(=O)OCC1c2ccccc2-c2ccccc21. The molecule has 0 radical (unpaired) electrons. The van der Waals surface area contributed by atoms with E-state index in [1.165, 1.54) is 0 Å². The molecule has 0 heterocycles. The third-order valence-electron chi connectivity index (χ3n) is 6.51. The Morgan fingerprint density at radius 3 is 2.09 bits per heavy atom. The molecule has 0 aliphatic heterocycles. The van der Waals surface area contributed by atoms with Gasteiger partial charge >= 0.3 is 12.1 Å². The van der Waals surface area contributed by atoms with Gasteiger partial charge in [-0.1, -0.05) is 62.4 Å². The van der Waals surface area contributed by atoms with Gasteiger partial charge in [0.1, 0.15) is 6.61 Å². The van der Waals surface area contributed by atoms with E-state index in [2.05, 4.69) is 34.9 Å². The first kappa shape index (κ1) is 25.3. The van der Waals surface area contributed by atoms with Crippen LogP contribution in [-0.4, -0.2) is 42.3 Å². The van der Waals surface area contributed by atoms with Crippen molar-refractivity contribution in [3.63, 3.8) is 0 Å². The van der Waals surface area contributed by atoms with Crippen molar-refractivity contribution in [1.82, 2.24) is 10.6 Å². The van der Waals surface area contributed by atoms with Crippen LogP contribution < -0.4 is 10.6 Å². The van der Waals surface area contributed by atoms with Crippen LogP contribution in [0.15, 0.2) is 48.5 Å². The van der Waals surface area contributed by atoms with E-state index < -0.39 is 23.5 Å². The average Bonchev–Trinajstić information content (AvgIpc) is 3.10. The van der Waals surface area contributed by atoms with Crippen LogP contribution in [0.1, 0.15) is 57.6 Å². The Morgan fingerprint density at radius 1 is 1.00 bits per heavy atom. The van der Waals surface area contributed by atoms with Crippen molar-refractivity contribution >= 4 is 18.0 Å². The van der Waals surface area contributed by atoms with Gasteiger partial charge in [-0.2, -0.15) is 0 Å². The minimum absolute atomic E-state index is 0.0155. The second-order valence-corrected chi connectivity index (χ2v) is 9.81. The Labute approximate surface area is 200 Å². The van der Waals surface area contributed by atoms with Gasteiger partial charge in [0.05, 0.1) is 5.41 Å². The van der Waals surface area contributed by atoms with Gasteiger partial charge in [0.25, 0.3) is 0 Å². The van der Waals surface area contributed by atoms with Crippen LogP contribution in [0.5, 0.6) is 0 Å². The van der Waals surface area contributed by atoms with Crippen molar-refractivity contribution in [2.24, 2.45) is 11.3 Å². The molecule has 182 valence electrons. The summed E-state index contributed by atoms with van der Waals surface area (Å²) in [6.07, 6.45) is -0.143. The van der Waals surface area contributed by atoms with Crippen molar-refractivity contribution in [3.05, 3.63) is 59.7 Å². The van der Waals surface area contributed by atoms with E-state index >= 15 is 0 Å². The highest BCUT2D eigenvalue weighted by atomic mass is 16.5. The third kappa shape index (κ3) is 5.95. The Kier molecular flexibility index (Phi) is 7.97. The number of carboxylic acids is 1. The first-order valence-electron chi connectivity index (χ1n) is 11.7. The number of fused-ring (bicyclic) bond motifs is 3. The summed E-state index contributed by atoms with van der Waals surface area (Å²) in [4.78, 5) is 36.2. The number of aliphatic carboxylic acids is 1. The van der Waals surface area contributed by atoms with Crippen molar-refractivity contribution in [3.8, 4) is 11.1 Å². The summed E-state index contributed by atoms with van der Waals surface area (Å²) in [5.74, 6) is -1.16. The number of nitrogens with one attached hydrogen (secondary N) is 2. The summed E-state index contributed by atoms with van der Waals surface area (Å²) >= 11 is 0. The zero-order valence-electron chi connectivity index (χ0n) is 20.3. The van der Waals surface area contributed by atoms with Gasteiger partial charge in [0, 0.05) is 24.9 Å². The first-order valence-corrected chi connectivity index (χ1v) is 11.7. The normalized spacial score (nSPS) is 13.7. The lowest BCUT2D eigenvalue weighted by Crippen LogP contribution is -2.43. The fourth-order valence-corrected chi connectivity index (χ4v) is 4.14. The Morgan fingerprint density at radius 2 is 1.56 bits per heavy atom. The molecule has 2 amide bonds. The monoisotopic (exact) mass is 466 g/mol. The number of carboxylic acid groups (broad SMARTS) is 1. The van der Waals surface area contributed by atoms with Crippen molar-refractivity contribution < 1.29 is 24.2 Å². The Balaban J connectivity index is 1.54. The lowest BCUT2D eigenvalue weighted by Gasteiger charge is -2.23. The second-order valence-electron chi connectivity index (χ2n) is 9.81. The van der Waals surface area contributed by atoms with Crippen LogP contribution in [-0.2, 0) is 14.3 Å². The lowest BCUT2D eigenvalue weighted by atomic mass is 9.89. The predicted octanol–water partition coefficient (Wildman–Crippen LogP) is 4.56. The largest absolute Gasteiger partial charge is 0.481 e. The minimum atomic E-state index is -0.912. The molecule has 1 aliphatic rings. The number of ether oxygens (including phenoxy) is 1. The Hall–Kier alpha value is -3.35. The third-order valence-corrected chi connectivity index (χ3v) is 6.51. The van der Waals surface area contributed by atoms with E-state index in [1.807, 2.05) is 38.1 Å². The number of amides is 2. The van der Waals surface area contributed by atoms with Gasteiger partial charge in [-0.25, -0.2) is 4.79 Å². The van der Waals surface area contributed by atoms with Crippen LogP contribution in [0, 0.1) is 11.3 Å². The van der Waals surface area contributed by atoms with Crippen LogP contribution in [0.2, 0.25) is 0 Å². The van der Waals surface area contributed by atoms with Gasteiger partial charge < -0.3 is 20.5 Å². The molecule has 0 spiro atoms. The van der Waals surface area contributed by atoms with Crippen molar-refractivity contribution in [2.45, 2.75) is 52.5 Å². The second kappa shape index (κ2) is 10.7. The van der Waals surface area contributed by atoms with E-state index in [0.717, 1.165) is 22.3 Å². The number of hydrogen-bond donors (Lipinski definition) is 3. The van der Waals surface area contributed by atoms with Gasteiger partial charge in [-0.3, -0.25) is 9.59 Å². The summed E-state index contributed by atoms with van der Waals surface area (Å²) in [7, 11) is 0. The van der Waals surface area contributed by atoms with Crippen LogP contribution in [0.4, 0.5) is 4.79 Å². The van der Waals surface area contributed by atoms with Gasteiger partial charge in [-0.15, -0.1) is 0 Å². The highest BCUT2D eigenvalue weighted by Gasteiger charge is 2.30. The molecule has 0 bridgehead atoms. The standard InChI is InChI=1S/C27H34N2O5/c1-17(2)23(15-24(30)28-14-13-27(3,4)25(31)32)29-26(33)34-16-22-20-11-7-5-9-18(20)19-10-6-8-12-21(19)22/h5-12,17,22-23H,13-16H2,1-4H3,(H,28,30)(H,29,33)(H,31,32)/t23-/m1/s1. The molecule has 0 aromatic heterocycles. The van der Waals surface area contributed by atoms with Crippen LogP contribution in [0.25, 0.3) is 11.1 Å². The van der Waals surface area contributed by atoms with Gasteiger partial charge in [0.15, 0.2) is 0 Å². The fraction of sp³-hybridized carbons (Fsp3) is 0.444. The molecule has 7 heteroatoms. The molecule has 34 heavy (non-hydrogen) atoms. The van der Waals surface area contributed by atoms with Crippen molar-refractivity contribution in [1.29, 1.82) is 0 Å². The molecule has 0 saturated heterocycles. The molecule has 0 unspecified atom stereocenters. The molecular formula is C27H34N2O5. The average molecular weight is 467 g/mol. The van der Waals surface area contributed by atoms with Crippen molar-refractivity contribution in [2.75, 3.05) is 13.2 Å². The predicted molar refractivity (Wildman–Crippen MR) is 130 cm³/mol. The molecule has 3 rings (SSSR count). The molecule has 2 aromatic carbocycles. The molecule has 0 saturated carbocycles. The minimum Gasteiger partial charge on any atom is -0.481 e. The summed E-state index contributed by atoms with van der Waals surface area (Å²) in [5.41, 5.74) is 3.69. The van der Waals surface area contributed by atoms with E-state index in [4.69, 9.17) is 4.74 Å². The highest BCUT2D eigenvalue weighted by Crippen LogP contribution is 2.44. The maximum Gasteiger partial charge on any atom is 0.407 e. The summed E-state index contributed by atoms with van der Waals surface area (Å²) < 4.78 is 5.61. The molecule has 2 aromatic rings.